The molecule has 0 aromatic carbocycles. The van der Waals surface area contributed by atoms with Crippen LogP contribution < -0.4 is 5.43 Å². The summed E-state index contributed by atoms with van der Waals surface area (Å²) in [4.78, 5) is 0. The van der Waals surface area contributed by atoms with Crippen LogP contribution in [-0.2, 0) is 0 Å². The molecule has 4 saturated carbocycles. The second-order valence-corrected chi connectivity index (χ2v) is 6.18. The van der Waals surface area contributed by atoms with Crippen LogP contribution in [0.3, 0.4) is 0 Å². The van der Waals surface area contributed by atoms with Crippen LogP contribution >= 0.6 is 0 Å². The summed E-state index contributed by atoms with van der Waals surface area (Å²) in [5, 5.41) is 0. The van der Waals surface area contributed by atoms with Gasteiger partial charge >= 0.3 is 0 Å². The molecular weight excluding hydrogens is 196 g/mol. The van der Waals surface area contributed by atoms with E-state index in [9.17, 15) is 0 Å². The minimum absolute atomic E-state index is 0.750. The summed E-state index contributed by atoms with van der Waals surface area (Å²) >= 11 is 0. The Morgan fingerprint density at radius 1 is 0.812 bits per heavy atom. The van der Waals surface area contributed by atoms with Crippen LogP contribution in [0.1, 0.15) is 32.1 Å². The molecule has 0 atom stereocenters. The molecule has 0 amide bonds. The summed E-state index contributed by atoms with van der Waals surface area (Å²) in [5.74, 6) is 4.06. The lowest BCUT2D eigenvalue weighted by molar-refractivity contribution is 0.00349. The first-order chi connectivity index (χ1) is 7.88. The lowest BCUT2D eigenvalue weighted by atomic mass is 9.54. The van der Waals surface area contributed by atoms with Crippen molar-refractivity contribution in [2.24, 2.45) is 23.7 Å². The molecule has 4 bridgehead atoms. The maximum absolute atomic E-state index is 3.72. The predicted molar refractivity (Wildman–Crippen MR) is 64.6 cm³/mol. The molecule has 2 heteroatoms. The maximum atomic E-state index is 3.72. The highest BCUT2D eigenvalue weighted by atomic mass is 15.4. The Hall–Kier alpha value is -0.920. The predicted octanol–water partition coefficient (Wildman–Crippen LogP) is 2.86. The number of rotatable bonds is 2. The van der Waals surface area contributed by atoms with Gasteiger partial charge in [-0.1, -0.05) is 0 Å². The number of nitrogens with zero attached hydrogens (tertiary/aromatic N) is 1. The van der Waals surface area contributed by atoms with Crippen molar-refractivity contribution < 1.29 is 0 Å². The molecular formula is C14H20N2. The molecule has 86 valence electrons. The molecule has 4 fully saturated rings. The van der Waals surface area contributed by atoms with Crippen molar-refractivity contribution in [2.75, 3.05) is 5.43 Å². The molecule has 0 aliphatic heterocycles. The van der Waals surface area contributed by atoms with Crippen LogP contribution in [-0.4, -0.2) is 10.7 Å². The second-order valence-electron chi connectivity index (χ2n) is 6.18. The molecule has 1 N–H and O–H groups in total. The van der Waals surface area contributed by atoms with Gasteiger partial charge in [0.1, 0.15) is 0 Å². The average Bonchev–Trinajstić information content (AvgIpc) is 2.75. The first-order valence-corrected chi connectivity index (χ1v) is 6.78. The van der Waals surface area contributed by atoms with Gasteiger partial charge in [0.05, 0.1) is 0 Å². The van der Waals surface area contributed by atoms with E-state index in [1.165, 1.54) is 25.7 Å². The number of nitrogens with one attached hydrogen (secondary N) is 1. The van der Waals surface area contributed by atoms with E-state index in [0.717, 1.165) is 29.7 Å². The van der Waals surface area contributed by atoms with E-state index >= 15 is 0 Å². The fourth-order valence-corrected chi connectivity index (χ4v) is 4.73. The van der Waals surface area contributed by atoms with E-state index in [1.54, 1.807) is 6.42 Å². The quantitative estimate of drug-likeness (QED) is 0.804. The average molecular weight is 216 g/mol. The molecule has 0 radical (unpaired) electrons. The van der Waals surface area contributed by atoms with E-state index in [2.05, 4.69) is 34.6 Å². The fraction of sp³-hybridized carbons (Fsp3) is 0.714. The third-order valence-corrected chi connectivity index (χ3v) is 5.13. The molecule has 2 nitrogen and oxygen atoms in total. The maximum Gasteiger partial charge on any atom is 0.0481 e. The van der Waals surface area contributed by atoms with Crippen molar-refractivity contribution in [1.82, 2.24) is 4.68 Å². The molecule has 1 aromatic heterocycles. The van der Waals surface area contributed by atoms with Crippen molar-refractivity contribution >= 4 is 0 Å². The lowest BCUT2D eigenvalue weighted by Gasteiger charge is -2.54. The molecule has 1 aromatic rings. The number of aromatic nitrogens is 1. The highest BCUT2D eigenvalue weighted by molar-refractivity contribution is 5.07. The molecule has 1 heterocycles. The van der Waals surface area contributed by atoms with Gasteiger partial charge in [-0.05, 0) is 67.9 Å². The first kappa shape index (κ1) is 9.15. The van der Waals surface area contributed by atoms with Gasteiger partial charge < -0.3 is 5.43 Å². The van der Waals surface area contributed by atoms with Crippen molar-refractivity contribution in [3.05, 3.63) is 24.5 Å². The Morgan fingerprint density at radius 3 is 1.94 bits per heavy atom. The van der Waals surface area contributed by atoms with Gasteiger partial charge in [-0.25, -0.2) is 0 Å². The van der Waals surface area contributed by atoms with Crippen molar-refractivity contribution in [1.29, 1.82) is 0 Å². The summed E-state index contributed by atoms with van der Waals surface area (Å²) in [6.07, 6.45) is 11.8. The molecule has 0 spiro atoms. The zero-order valence-corrected chi connectivity index (χ0v) is 9.68. The van der Waals surface area contributed by atoms with Gasteiger partial charge in [0, 0.05) is 18.4 Å². The van der Waals surface area contributed by atoms with E-state index < -0.39 is 0 Å². The smallest absolute Gasteiger partial charge is 0.0481 e. The third-order valence-electron chi connectivity index (χ3n) is 5.13. The summed E-state index contributed by atoms with van der Waals surface area (Å²) in [6.45, 7) is 0. The monoisotopic (exact) mass is 216 g/mol. The second kappa shape index (κ2) is 3.28. The van der Waals surface area contributed by atoms with Crippen LogP contribution in [0.5, 0.6) is 0 Å². The van der Waals surface area contributed by atoms with Crippen LogP contribution in [0.2, 0.25) is 0 Å². The van der Waals surface area contributed by atoms with E-state index in [0.29, 0.717) is 0 Å². The topological polar surface area (TPSA) is 17.0 Å². The van der Waals surface area contributed by atoms with E-state index in [1.807, 2.05) is 0 Å². The minimum atomic E-state index is 0.750. The van der Waals surface area contributed by atoms with Gasteiger partial charge in [-0.15, -0.1) is 0 Å². The largest absolute Gasteiger partial charge is 0.323 e. The van der Waals surface area contributed by atoms with Gasteiger partial charge in [0.15, 0.2) is 0 Å². The van der Waals surface area contributed by atoms with Crippen LogP contribution in [0.4, 0.5) is 0 Å². The normalized spacial score (nSPS) is 44.9. The van der Waals surface area contributed by atoms with Crippen molar-refractivity contribution in [3.63, 3.8) is 0 Å². The summed E-state index contributed by atoms with van der Waals surface area (Å²) in [5.41, 5.74) is 3.72. The highest BCUT2D eigenvalue weighted by Gasteiger charge is 2.48. The van der Waals surface area contributed by atoms with Crippen LogP contribution in [0.15, 0.2) is 24.5 Å². The molecule has 5 rings (SSSR count). The van der Waals surface area contributed by atoms with Gasteiger partial charge in [-0.2, -0.15) is 0 Å². The Kier molecular flexibility index (Phi) is 1.88. The zero-order chi connectivity index (χ0) is 10.5. The SMILES string of the molecule is c1ccn(NC2C3CC4CC(C3)CC2C4)c1. The number of hydrogen-bond donors (Lipinski definition) is 1. The lowest BCUT2D eigenvalue weighted by Crippen LogP contribution is -2.53. The van der Waals surface area contributed by atoms with Crippen molar-refractivity contribution in [2.45, 2.75) is 38.1 Å². The van der Waals surface area contributed by atoms with Gasteiger partial charge in [-0.3, -0.25) is 4.68 Å². The van der Waals surface area contributed by atoms with Gasteiger partial charge in [0.25, 0.3) is 0 Å². The van der Waals surface area contributed by atoms with Crippen LogP contribution in [0.25, 0.3) is 0 Å². The summed E-state index contributed by atoms with van der Waals surface area (Å²) < 4.78 is 2.16. The van der Waals surface area contributed by atoms with Gasteiger partial charge in [0.2, 0.25) is 0 Å². The molecule has 0 saturated heterocycles. The highest BCUT2D eigenvalue weighted by Crippen LogP contribution is 2.53. The Morgan fingerprint density at radius 2 is 1.38 bits per heavy atom. The first-order valence-electron chi connectivity index (χ1n) is 6.78. The standard InChI is InChI=1S/C14H20N2/c1-2-4-16(3-1)15-14-12-6-10-5-11(8-12)9-13(14)7-10/h1-4,10-15H,5-9H2. The Balaban J connectivity index is 1.56. The van der Waals surface area contributed by atoms with Crippen molar-refractivity contribution in [3.8, 4) is 0 Å². The molecule has 4 aliphatic carbocycles. The van der Waals surface area contributed by atoms with E-state index in [4.69, 9.17) is 0 Å². The Labute approximate surface area is 97.0 Å². The molecule has 16 heavy (non-hydrogen) atoms. The van der Waals surface area contributed by atoms with E-state index in [-0.39, 0.29) is 0 Å². The third kappa shape index (κ3) is 1.32. The zero-order valence-electron chi connectivity index (χ0n) is 9.68. The molecule has 4 aliphatic rings. The van der Waals surface area contributed by atoms with Crippen LogP contribution in [0, 0.1) is 23.7 Å². The summed E-state index contributed by atoms with van der Waals surface area (Å²) in [6, 6.07) is 4.95. The molecule has 0 unspecified atom stereocenters. The fourth-order valence-electron chi connectivity index (χ4n) is 4.73. The number of hydrogen-bond acceptors (Lipinski definition) is 1. The Bertz CT molecular complexity index is 340. The minimum Gasteiger partial charge on any atom is -0.323 e. The summed E-state index contributed by atoms with van der Waals surface area (Å²) in [7, 11) is 0.